The minimum Gasteiger partial charge on any atom is -0.495 e. The van der Waals surface area contributed by atoms with Gasteiger partial charge in [-0.1, -0.05) is 0 Å². The van der Waals surface area contributed by atoms with Gasteiger partial charge in [0.1, 0.15) is 5.75 Å². The molecule has 90 valence electrons. The molecule has 1 atom stereocenters. The Morgan fingerprint density at radius 2 is 1.88 bits per heavy atom. The number of methoxy groups -OCH3 is 3. The minimum atomic E-state index is -0.362. The predicted molar refractivity (Wildman–Crippen MR) is 60.4 cm³/mol. The Morgan fingerprint density at radius 3 is 2.38 bits per heavy atom. The third-order valence-electron chi connectivity index (χ3n) is 2.38. The summed E-state index contributed by atoms with van der Waals surface area (Å²) in [4.78, 5) is 4.10. The van der Waals surface area contributed by atoms with Crippen molar-refractivity contribution in [1.82, 2.24) is 10.3 Å². The van der Waals surface area contributed by atoms with Crippen molar-refractivity contribution in [1.29, 1.82) is 0 Å². The quantitative estimate of drug-likeness (QED) is 0.732. The molecule has 0 aromatic carbocycles. The standard InChI is InChI=1S/C11H18N2O3/c1-12-10(11(15-3)16-4)8-5-9(14-2)7-13-6-8/h5-7,10-12H,1-4H3. The highest BCUT2D eigenvalue weighted by Crippen LogP contribution is 2.21. The second-order valence-electron chi connectivity index (χ2n) is 3.26. The lowest BCUT2D eigenvalue weighted by molar-refractivity contribution is -0.123. The maximum atomic E-state index is 5.23. The topological polar surface area (TPSA) is 52.6 Å². The Kier molecular flexibility index (Phi) is 5.18. The number of likely N-dealkylation sites (N-methyl/N-ethyl adjacent to an activating group) is 1. The fourth-order valence-corrected chi connectivity index (χ4v) is 1.55. The Hall–Kier alpha value is -1.17. The Labute approximate surface area is 95.7 Å². The van der Waals surface area contributed by atoms with Gasteiger partial charge in [0.15, 0.2) is 6.29 Å². The molecule has 0 spiro atoms. The first-order chi connectivity index (χ1) is 7.76. The van der Waals surface area contributed by atoms with Crippen LogP contribution in [0.1, 0.15) is 11.6 Å². The molecule has 0 bridgehead atoms. The van der Waals surface area contributed by atoms with Crippen molar-refractivity contribution >= 4 is 0 Å². The van der Waals surface area contributed by atoms with Gasteiger partial charge in [-0.25, -0.2) is 0 Å². The maximum Gasteiger partial charge on any atom is 0.176 e. The Bertz CT molecular complexity index is 316. The highest BCUT2D eigenvalue weighted by molar-refractivity contribution is 5.26. The van der Waals surface area contributed by atoms with E-state index in [9.17, 15) is 0 Å². The van der Waals surface area contributed by atoms with E-state index in [2.05, 4.69) is 10.3 Å². The van der Waals surface area contributed by atoms with Crippen LogP contribution in [0.2, 0.25) is 0 Å². The molecular weight excluding hydrogens is 208 g/mol. The normalized spacial score (nSPS) is 12.8. The van der Waals surface area contributed by atoms with Crippen LogP contribution in [-0.4, -0.2) is 39.7 Å². The summed E-state index contributed by atoms with van der Waals surface area (Å²) in [6.45, 7) is 0. The third kappa shape index (κ3) is 2.91. The van der Waals surface area contributed by atoms with Crippen molar-refractivity contribution < 1.29 is 14.2 Å². The molecule has 0 fully saturated rings. The number of ether oxygens (including phenoxy) is 3. The van der Waals surface area contributed by atoms with Crippen molar-refractivity contribution in [2.45, 2.75) is 12.3 Å². The average Bonchev–Trinajstić information content (AvgIpc) is 2.35. The molecule has 16 heavy (non-hydrogen) atoms. The smallest absolute Gasteiger partial charge is 0.176 e. The van der Waals surface area contributed by atoms with Crippen LogP contribution < -0.4 is 10.1 Å². The highest BCUT2D eigenvalue weighted by Gasteiger charge is 2.21. The molecule has 0 aliphatic heterocycles. The summed E-state index contributed by atoms with van der Waals surface area (Å²) in [7, 11) is 6.66. The van der Waals surface area contributed by atoms with Gasteiger partial charge in [-0.2, -0.15) is 0 Å². The van der Waals surface area contributed by atoms with Crippen molar-refractivity contribution in [3.8, 4) is 5.75 Å². The Morgan fingerprint density at radius 1 is 1.19 bits per heavy atom. The van der Waals surface area contributed by atoms with Gasteiger partial charge < -0.3 is 19.5 Å². The lowest BCUT2D eigenvalue weighted by Gasteiger charge is -2.24. The molecule has 1 rings (SSSR count). The van der Waals surface area contributed by atoms with Crippen LogP contribution in [0.5, 0.6) is 5.75 Å². The lowest BCUT2D eigenvalue weighted by Crippen LogP contribution is -2.32. The third-order valence-corrected chi connectivity index (χ3v) is 2.38. The summed E-state index contributed by atoms with van der Waals surface area (Å²) in [5.74, 6) is 0.712. The van der Waals surface area contributed by atoms with Gasteiger partial charge in [0.2, 0.25) is 0 Å². The summed E-state index contributed by atoms with van der Waals surface area (Å²) < 4.78 is 15.6. The highest BCUT2D eigenvalue weighted by atomic mass is 16.7. The van der Waals surface area contributed by atoms with E-state index >= 15 is 0 Å². The molecule has 1 aromatic rings. The van der Waals surface area contributed by atoms with Crippen molar-refractivity contribution in [2.24, 2.45) is 0 Å². The molecule has 0 aliphatic rings. The van der Waals surface area contributed by atoms with Crippen LogP contribution in [0.3, 0.4) is 0 Å². The van der Waals surface area contributed by atoms with Crippen LogP contribution in [0.25, 0.3) is 0 Å². The van der Waals surface area contributed by atoms with Gasteiger partial charge in [0.25, 0.3) is 0 Å². The van der Waals surface area contributed by atoms with E-state index in [-0.39, 0.29) is 12.3 Å². The number of aromatic nitrogens is 1. The molecule has 1 heterocycles. The zero-order valence-corrected chi connectivity index (χ0v) is 10.1. The molecule has 5 nitrogen and oxygen atoms in total. The van der Waals surface area contributed by atoms with Gasteiger partial charge in [0, 0.05) is 20.4 Å². The molecule has 0 amide bonds. The van der Waals surface area contributed by atoms with Gasteiger partial charge in [-0.15, -0.1) is 0 Å². The van der Waals surface area contributed by atoms with Crippen molar-refractivity contribution in [3.63, 3.8) is 0 Å². The van der Waals surface area contributed by atoms with E-state index in [0.29, 0.717) is 5.75 Å². The van der Waals surface area contributed by atoms with Crippen LogP contribution in [0.15, 0.2) is 18.5 Å². The van der Waals surface area contributed by atoms with E-state index in [1.54, 1.807) is 33.7 Å². The first-order valence-electron chi connectivity index (χ1n) is 4.98. The molecular formula is C11H18N2O3. The number of nitrogens with zero attached hydrogens (tertiary/aromatic N) is 1. The fraction of sp³-hybridized carbons (Fsp3) is 0.545. The molecule has 0 saturated heterocycles. The molecule has 0 aliphatic carbocycles. The first-order valence-corrected chi connectivity index (χ1v) is 4.98. The zero-order chi connectivity index (χ0) is 12.0. The maximum absolute atomic E-state index is 5.23. The van der Waals surface area contributed by atoms with Gasteiger partial charge in [0.05, 0.1) is 19.3 Å². The summed E-state index contributed by atoms with van der Waals surface area (Å²) in [5.41, 5.74) is 0.954. The van der Waals surface area contributed by atoms with E-state index in [4.69, 9.17) is 14.2 Å². The van der Waals surface area contributed by atoms with Gasteiger partial charge in [-0.05, 0) is 18.7 Å². The van der Waals surface area contributed by atoms with E-state index in [1.165, 1.54) is 0 Å². The molecule has 0 saturated carbocycles. The molecule has 1 N–H and O–H groups in total. The summed E-state index contributed by atoms with van der Waals surface area (Å²) in [6, 6.07) is 1.82. The average molecular weight is 226 g/mol. The number of pyridine rings is 1. The van der Waals surface area contributed by atoms with Crippen LogP contribution in [0.4, 0.5) is 0 Å². The fourth-order valence-electron chi connectivity index (χ4n) is 1.55. The SMILES string of the molecule is CNC(c1cncc(OC)c1)C(OC)OC. The molecule has 0 radical (unpaired) electrons. The van der Waals surface area contributed by atoms with Crippen molar-refractivity contribution in [3.05, 3.63) is 24.0 Å². The van der Waals surface area contributed by atoms with Crippen LogP contribution >= 0.6 is 0 Å². The number of nitrogens with one attached hydrogen (secondary N) is 1. The summed E-state index contributed by atoms with van der Waals surface area (Å²) >= 11 is 0. The second kappa shape index (κ2) is 6.42. The van der Waals surface area contributed by atoms with Crippen molar-refractivity contribution in [2.75, 3.05) is 28.4 Å². The number of rotatable bonds is 6. The van der Waals surface area contributed by atoms with E-state index in [1.807, 2.05) is 13.1 Å². The lowest BCUT2D eigenvalue weighted by atomic mass is 10.1. The molecule has 1 aromatic heterocycles. The number of hydrogen-bond donors (Lipinski definition) is 1. The zero-order valence-electron chi connectivity index (χ0n) is 10.1. The largest absolute Gasteiger partial charge is 0.495 e. The van der Waals surface area contributed by atoms with Crippen LogP contribution in [0, 0.1) is 0 Å². The summed E-state index contributed by atoms with van der Waals surface area (Å²) in [5, 5.41) is 3.13. The van der Waals surface area contributed by atoms with Crippen LogP contribution in [-0.2, 0) is 9.47 Å². The monoisotopic (exact) mass is 226 g/mol. The Balaban J connectivity index is 2.93. The molecule has 1 unspecified atom stereocenters. The number of hydrogen-bond acceptors (Lipinski definition) is 5. The molecule has 5 heteroatoms. The second-order valence-corrected chi connectivity index (χ2v) is 3.26. The minimum absolute atomic E-state index is 0.0856. The first kappa shape index (κ1) is 12.9. The predicted octanol–water partition coefficient (Wildman–Crippen LogP) is 0.970. The van der Waals surface area contributed by atoms with E-state index < -0.39 is 0 Å². The van der Waals surface area contributed by atoms with E-state index in [0.717, 1.165) is 5.56 Å². The van der Waals surface area contributed by atoms with Gasteiger partial charge in [-0.3, -0.25) is 4.98 Å². The van der Waals surface area contributed by atoms with Gasteiger partial charge >= 0.3 is 0 Å². The summed E-state index contributed by atoms with van der Waals surface area (Å²) in [6.07, 6.45) is 3.05.